The lowest BCUT2D eigenvalue weighted by Gasteiger charge is -2.04. The summed E-state index contributed by atoms with van der Waals surface area (Å²) >= 11 is 1.32. The number of aromatic hydroxyl groups is 1. The van der Waals surface area contributed by atoms with Crippen LogP contribution >= 0.6 is 11.8 Å². The highest BCUT2D eigenvalue weighted by molar-refractivity contribution is 7.99. The van der Waals surface area contributed by atoms with Crippen LogP contribution in [-0.4, -0.2) is 33.8 Å². The molecule has 1 heterocycles. The first kappa shape index (κ1) is 15.2. The summed E-state index contributed by atoms with van der Waals surface area (Å²) in [6, 6.07) is 11.9. The van der Waals surface area contributed by atoms with Gasteiger partial charge in [-0.3, -0.25) is 4.79 Å². The van der Waals surface area contributed by atoms with Gasteiger partial charge < -0.3 is 20.1 Å². The smallest absolute Gasteiger partial charge is 0.234 e. The Balaban J connectivity index is 1.61. The zero-order valence-electron chi connectivity index (χ0n) is 12.4. The van der Waals surface area contributed by atoms with Crippen molar-refractivity contribution in [2.24, 2.45) is 0 Å². The number of methoxy groups -OCH3 is 1. The van der Waals surface area contributed by atoms with E-state index in [1.54, 1.807) is 19.2 Å². The van der Waals surface area contributed by atoms with Crippen LogP contribution in [0.2, 0.25) is 0 Å². The predicted octanol–water partition coefficient (Wildman–Crippen LogP) is 3.01. The Kier molecular flexibility index (Phi) is 4.38. The van der Waals surface area contributed by atoms with Gasteiger partial charge in [0.2, 0.25) is 5.91 Å². The van der Waals surface area contributed by atoms with Gasteiger partial charge in [0, 0.05) is 11.8 Å². The van der Waals surface area contributed by atoms with Crippen molar-refractivity contribution in [3.05, 3.63) is 42.5 Å². The summed E-state index contributed by atoms with van der Waals surface area (Å²) in [6.45, 7) is 0. The van der Waals surface area contributed by atoms with E-state index in [-0.39, 0.29) is 17.4 Å². The number of H-pyrrole nitrogens is 1. The number of amides is 1. The van der Waals surface area contributed by atoms with Gasteiger partial charge in [0.15, 0.2) is 5.16 Å². The first-order valence-corrected chi connectivity index (χ1v) is 7.88. The summed E-state index contributed by atoms with van der Waals surface area (Å²) in [5.74, 6) is 1.01. The van der Waals surface area contributed by atoms with Crippen LogP contribution in [0.1, 0.15) is 0 Å². The number of imidazole rings is 1. The first-order chi connectivity index (χ1) is 11.1. The van der Waals surface area contributed by atoms with Crippen LogP contribution in [0.4, 0.5) is 5.69 Å². The molecule has 1 aromatic heterocycles. The minimum Gasteiger partial charge on any atom is -0.508 e. The molecule has 0 atom stereocenters. The number of hydrogen-bond acceptors (Lipinski definition) is 5. The molecular weight excluding hydrogens is 314 g/mol. The maximum Gasteiger partial charge on any atom is 0.234 e. The Labute approximate surface area is 136 Å². The van der Waals surface area contributed by atoms with E-state index >= 15 is 0 Å². The average Bonchev–Trinajstić information content (AvgIpc) is 2.97. The second-order valence-electron chi connectivity index (χ2n) is 4.81. The largest absolute Gasteiger partial charge is 0.508 e. The first-order valence-electron chi connectivity index (χ1n) is 6.89. The summed E-state index contributed by atoms with van der Waals surface area (Å²) in [7, 11) is 1.61. The lowest BCUT2D eigenvalue weighted by Crippen LogP contribution is -2.13. The fraction of sp³-hybridized carbons (Fsp3) is 0.125. The number of nitrogens with zero attached hydrogens (tertiary/aromatic N) is 1. The third-order valence-corrected chi connectivity index (χ3v) is 4.03. The maximum atomic E-state index is 11.9. The molecule has 3 N–H and O–H groups in total. The van der Waals surface area contributed by atoms with Gasteiger partial charge in [-0.15, -0.1) is 0 Å². The lowest BCUT2D eigenvalue weighted by atomic mass is 10.3. The molecule has 0 radical (unpaired) electrons. The number of rotatable bonds is 5. The van der Waals surface area contributed by atoms with Gasteiger partial charge in [0.1, 0.15) is 11.5 Å². The molecule has 0 bridgehead atoms. The van der Waals surface area contributed by atoms with E-state index in [4.69, 9.17) is 4.74 Å². The number of phenolic OH excluding ortho intramolecular Hbond substituents is 1. The fourth-order valence-corrected chi connectivity index (χ4v) is 2.72. The molecule has 0 aliphatic rings. The summed E-state index contributed by atoms with van der Waals surface area (Å²) in [6.07, 6.45) is 0. The van der Waals surface area contributed by atoms with Gasteiger partial charge in [0.05, 0.1) is 23.9 Å². The van der Waals surface area contributed by atoms with E-state index in [9.17, 15) is 9.90 Å². The van der Waals surface area contributed by atoms with E-state index < -0.39 is 0 Å². The minimum atomic E-state index is -0.140. The molecule has 2 aromatic carbocycles. The highest BCUT2D eigenvalue weighted by Crippen LogP contribution is 2.23. The third kappa shape index (κ3) is 3.75. The molecule has 118 valence electrons. The topological polar surface area (TPSA) is 87.2 Å². The highest BCUT2D eigenvalue weighted by atomic mass is 32.2. The van der Waals surface area contributed by atoms with Crippen molar-refractivity contribution in [3.63, 3.8) is 0 Å². The normalized spacial score (nSPS) is 10.7. The van der Waals surface area contributed by atoms with Crippen molar-refractivity contribution in [2.75, 3.05) is 18.2 Å². The monoisotopic (exact) mass is 329 g/mol. The second-order valence-corrected chi connectivity index (χ2v) is 5.77. The Bertz CT molecular complexity index is 830. The van der Waals surface area contributed by atoms with Gasteiger partial charge in [-0.25, -0.2) is 4.98 Å². The molecule has 7 heteroatoms. The van der Waals surface area contributed by atoms with Crippen LogP contribution < -0.4 is 10.1 Å². The number of ether oxygens (including phenoxy) is 1. The van der Waals surface area contributed by atoms with Crippen molar-refractivity contribution >= 4 is 34.4 Å². The molecule has 3 aromatic rings. The van der Waals surface area contributed by atoms with E-state index in [1.807, 2.05) is 18.2 Å². The van der Waals surface area contributed by atoms with E-state index in [0.717, 1.165) is 16.8 Å². The van der Waals surface area contributed by atoms with Crippen LogP contribution in [0.5, 0.6) is 11.5 Å². The Morgan fingerprint density at radius 3 is 2.83 bits per heavy atom. The van der Waals surface area contributed by atoms with Crippen molar-refractivity contribution in [1.29, 1.82) is 0 Å². The third-order valence-electron chi connectivity index (χ3n) is 3.16. The SMILES string of the molecule is COc1ccc2nc(SCC(=O)Nc3ccc(O)cc3)[nH]c2c1. The quantitative estimate of drug-likeness (QED) is 0.495. The number of thioether (sulfide) groups is 1. The van der Waals surface area contributed by atoms with Gasteiger partial charge in [-0.2, -0.15) is 0 Å². The Hall–Kier alpha value is -2.67. The highest BCUT2D eigenvalue weighted by Gasteiger charge is 2.08. The van der Waals surface area contributed by atoms with Crippen molar-refractivity contribution < 1.29 is 14.6 Å². The van der Waals surface area contributed by atoms with Crippen LogP contribution in [-0.2, 0) is 4.79 Å². The van der Waals surface area contributed by atoms with Gasteiger partial charge in [0.25, 0.3) is 0 Å². The summed E-state index contributed by atoms with van der Waals surface area (Å²) in [5.41, 5.74) is 2.33. The molecular formula is C16H15N3O3S. The average molecular weight is 329 g/mol. The number of nitrogens with one attached hydrogen (secondary N) is 2. The van der Waals surface area contributed by atoms with Crippen LogP contribution in [0.3, 0.4) is 0 Å². The molecule has 0 aliphatic heterocycles. The Morgan fingerprint density at radius 2 is 2.09 bits per heavy atom. The van der Waals surface area contributed by atoms with Gasteiger partial charge in [-0.1, -0.05) is 11.8 Å². The molecule has 23 heavy (non-hydrogen) atoms. The second kappa shape index (κ2) is 6.62. The maximum absolute atomic E-state index is 11.9. The lowest BCUT2D eigenvalue weighted by molar-refractivity contribution is -0.113. The van der Waals surface area contributed by atoms with E-state index in [1.165, 1.54) is 23.9 Å². The molecule has 0 unspecified atom stereocenters. The zero-order valence-corrected chi connectivity index (χ0v) is 13.2. The van der Waals surface area contributed by atoms with Crippen LogP contribution in [0.15, 0.2) is 47.6 Å². The zero-order chi connectivity index (χ0) is 16.2. The number of benzene rings is 2. The van der Waals surface area contributed by atoms with E-state index in [0.29, 0.717) is 10.8 Å². The standard InChI is InChI=1S/C16H15N3O3S/c1-22-12-6-7-13-14(8-12)19-16(18-13)23-9-15(21)17-10-2-4-11(20)5-3-10/h2-8,20H,9H2,1H3,(H,17,21)(H,18,19). The molecule has 6 nitrogen and oxygen atoms in total. The number of fused-ring (bicyclic) bond motifs is 1. The molecule has 1 amide bonds. The van der Waals surface area contributed by atoms with Gasteiger partial charge in [-0.05, 0) is 36.4 Å². The number of phenols is 1. The summed E-state index contributed by atoms with van der Waals surface area (Å²) in [5, 5.41) is 12.6. The molecule has 0 saturated heterocycles. The minimum absolute atomic E-state index is 0.140. The number of aromatic amines is 1. The van der Waals surface area contributed by atoms with Gasteiger partial charge >= 0.3 is 0 Å². The molecule has 0 spiro atoms. The number of aromatic nitrogens is 2. The number of carbonyl (C=O) groups is 1. The Morgan fingerprint density at radius 1 is 1.30 bits per heavy atom. The number of carbonyl (C=O) groups excluding carboxylic acids is 1. The van der Waals surface area contributed by atoms with Crippen molar-refractivity contribution in [2.45, 2.75) is 5.16 Å². The number of hydrogen-bond donors (Lipinski definition) is 3. The van der Waals surface area contributed by atoms with Crippen molar-refractivity contribution in [1.82, 2.24) is 9.97 Å². The van der Waals surface area contributed by atoms with Crippen molar-refractivity contribution in [3.8, 4) is 11.5 Å². The van der Waals surface area contributed by atoms with E-state index in [2.05, 4.69) is 15.3 Å². The number of anilines is 1. The molecule has 0 fully saturated rings. The molecule has 0 aliphatic carbocycles. The fourth-order valence-electron chi connectivity index (χ4n) is 2.04. The summed E-state index contributed by atoms with van der Waals surface area (Å²) in [4.78, 5) is 19.5. The summed E-state index contributed by atoms with van der Waals surface area (Å²) < 4.78 is 5.17. The van der Waals surface area contributed by atoms with Crippen LogP contribution in [0.25, 0.3) is 11.0 Å². The van der Waals surface area contributed by atoms with Crippen LogP contribution in [0, 0.1) is 0 Å². The predicted molar refractivity (Wildman–Crippen MR) is 90.1 cm³/mol. The molecule has 3 rings (SSSR count). The molecule has 0 saturated carbocycles.